The summed E-state index contributed by atoms with van der Waals surface area (Å²) in [6, 6.07) is 18.3. The van der Waals surface area contributed by atoms with E-state index in [-0.39, 0.29) is 17.6 Å². The number of carbonyl (C=O) groups excluding carboxylic acids is 1. The third kappa shape index (κ3) is 4.91. The standard InChI is InChI=1S/C25H32N2O3/c1-2-21-11-6-7-12-22(21)26-24(28)18-27-15-14-25(13-8-16-30-25)23(17-27)29-19-20-9-4-3-5-10-20/h3-7,9-12,23H,2,8,13-19H2,1H3,(H,26,28). The number of likely N-dealkylation sites (tertiary alicyclic amines) is 1. The SMILES string of the molecule is CCc1ccccc1NC(=O)CN1CCC2(CCCO2)C(OCc2ccccc2)C1. The van der Waals surface area contributed by atoms with Crippen molar-refractivity contribution in [3.63, 3.8) is 0 Å². The first-order chi connectivity index (χ1) is 14.7. The molecule has 2 fully saturated rings. The first-order valence-corrected chi connectivity index (χ1v) is 11.1. The van der Waals surface area contributed by atoms with Crippen molar-refractivity contribution in [2.45, 2.75) is 50.9 Å². The van der Waals surface area contributed by atoms with Crippen LogP contribution in [0.4, 0.5) is 5.69 Å². The number of aryl methyl sites for hydroxylation is 1. The van der Waals surface area contributed by atoms with E-state index in [0.29, 0.717) is 13.2 Å². The highest BCUT2D eigenvalue weighted by Gasteiger charge is 2.47. The molecule has 160 valence electrons. The number of nitrogens with zero attached hydrogens (tertiary/aromatic N) is 1. The zero-order valence-corrected chi connectivity index (χ0v) is 17.8. The van der Waals surface area contributed by atoms with Crippen LogP contribution < -0.4 is 5.32 Å². The second kappa shape index (κ2) is 9.73. The number of rotatable bonds is 7. The monoisotopic (exact) mass is 408 g/mol. The molecule has 30 heavy (non-hydrogen) atoms. The summed E-state index contributed by atoms with van der Waals surface area (Å²) in [5.74, 6) is 0.0287. The second-order valence-corrected chi connectivity index (χ2v) is 8.35. The van der Waals surface area contributed by atoms with E-state index in [9.17, 15) is 4.79 Å². The van der Waals surface area contributed by atoms with Crippen LogP contribution in [-0.2, 0) is 27.3 Å². The fourth-order valence-corrected chi connectivity index (χ4v) is 4.63. The number of benzene rings is 2. The minimum Gasteiger partial charge on any atom is -0.372 e. The number of piperidine rings is 1. The van der Waals surface area contributed by atoms with Crippen LogP contribution in [0.2, 0.25) is 0 Å². The van der Waals surface area contributed by atoms with Crippen molar-refractivity contribution >= 4 is 11.6 Å². The van der Waals surface area contributed by atoms with Crippen molar-refractivity contribution in [2.75, 3.05) is 31.6 Å². The average molecular weight is 409 g/mol. The Balaban J connectivity index is 1.38. The van der Waals surface area contributed by atoms with E-state index in [1.54, 1.807) is 0 Å². The van der Waals surface area contributed by atoms with Crippen LogP contribution in [-0.4, -0.2) is 48.8 Å². The number of nitrogens with one attached hydrogen (secondary N) is 1. The van der Waals surface area contributed by atoms with Crippen LogP contribution in [0.5, 0.6) is 0 Å². The number of hydrogen-bond donors (Lipinski definition) is 1. The van der Waals surface area contributed by atoms with Crippen molar-refractivity contribution < 1.29 is 14.3 Å². The molecule has 0 bridgehead atoms. The van der Waals surface area contributed by atoms with Crippen molar-refractivity contribution in [2.24, 2.45) is 0 Å². The van der Waals surface area contributed by atoms with Gasteiger partial charge in [0.05, 0.1) is 24.9 Å². The number of para-hydroxylation sites is 1. The Labute approximate surface area is 179 Å². The summed E-state index contributed by atoms with van der Waals surface area (Å²) in [4.78, 5) is 14.9. The van der Waals surface area contributed by atoms with Gasteiger partial charge in [0, 0.05) is 25.4 Å². The molecule has 5 nitrogen and oxygen atoms in total. The maximum atomic E-state index is 12.7. The predicted molar refractivity (Wildman–Crippen MR) is 118 cm³/mol. The normalized spacial score (nSPS) is 24.2. The largest absolute Gasteiger partial charge is 0.372 e. The maximum Gasteiger partial charge on any atom is 0.238 e. The molecule has 2 aliphatic rings. The molecule has 5 heteroatoms. The highest BCUT2D eigenvalue weighted by molar-refractivity contribution is 5.93. The molecule has 1 N–H and O–H groups in total. The van der Waals surface area contributed by atoms with E-state index < -0.39 is 0 Å². The molecule has 2 heterocycles. The summed E-state index contributed by atoms with van der Waals surface area (Å²) in [6.45, 7) is 5.43. The fourth-order valence-electron chi connectivity index (χ4n) is 4.63. The Morgan fingerprint density at radius 3 is 2.73 bits per heavy atom. The van der Waals surface area contributed by atoms with Crippen LogP contribution in [0.15, 0.2) is 54.6 Å². The maximum absolute atomic E-state index is 12.7. The lowest BCUT2D eigenvalue weighted by Crippen LogP contribution is -2.57. The number of amides is 1. The number of carbonyl (C=O) groups is 1. The molecule has 2 unspecified atom stereocenters. The molecular formula is C25H32N2O3. The van der Waals surface area contributed by atoms with Gasteiger partial charge in [-0.3, -0.25) is 9.69 Å². The van der Waals surface area contributed by atoms with Crippen LogP contribution in [0.25, 0.3) is 0 Å². The second-order valence-electron chi connectivity index (χ2n) is 8.35. The summed E-state index contributed by atoms with van der Waals surface area (Å²) in [6.07, 6.45) is 3.90. The van der Waals surface area contributed by atoms with E-state index in [2.05, 4.69) is 35.3 Å². The van der Waals surface area contributed by atoms with Crippen LogP contribution in [0.3, 0.4) is 0 Å². The topological polar surface area (TPSA) is 50.8 Å². The predicted octanol–water partition coefficient (Wildman–Crippen LogP) is 4.03. The van der Waals surface area contributed by atoms with Crippen molar-refractivity contribution in [3.05, 3.63) is 65.7 Å². The van der Waals surface area contributed by atoms with Gasteiger partial charge in [-0.25, -0.2) is 0 Å². The number of ether oxygens (including phenoxy) is 2. The van der Waals surface area contributed by atoms with Gasteiger partial charge in [0.2, 0.25) is 5.91 Å². The van der Waals surface area contributed by atoms with Gasteiger partial charge in [0.1, 0.15) is 0 Å². The molecule has 2 atom stereocenters. The summed E-state index contributed by atoms with van der Waals surface area (Å²) in [5, 5.41) is 3.09. The Kier molecular flexibility index (Phi) is 6.82. The minimum absolute atomic E-state index is 0.0234. The molecule has 4 rings (SSSR count). The zero-order chi connectivity index (χ0) is 20.8. The third-order valence-electron chi connectivity index (χ3n) is 6.33. The number of hydrogen-bond acceptors (Lipinski definition) is 4. The molecule has 0 aromatic heterocycles. The molecule has 2 aromatic rings. The first kappa shape index (κ1) is 21.0. The fraction of sp³-hybridized carbons (Fsp3) is 0.480. The zero-order valence-electron chi connectivity index (χ0n) is 17.8. The first-order valence-electron chi connectivity index (χ1n) is 11.1. The van der Waals surface area contributed by atoms with Crippen LogP contribution >= 0.6 is 0 Å². The van der Waals surface area contributed by atoms with Gasteiger partial charge in [-0.15, -0.1) is 0 Å². The molecule has 0 saturated carbocycles. The quantitative estimate of drug-likeness (QED) is 0.752. The lowest BCUT2D eigenvalue weighted by molar-refractivity contribution is -0.159. The number of anilines is 1. The Bertz CT molecular complexity index is 833. The Hall–Kier alpha value is -2.21. The van der Waals surface area contributed by atoms with Gasteiger partial charge in [-0.1, -0.05) is 55.5 Å². The molecule has 2 saturated heterocycles. The highest BCUT2D eigenvalue weighted by atomic mass is 16.6. The molecule has 2 aromatic carbocycles. The molecule has 0 aliphatic carbocycles. The average Bonchev–Trinajstić information content (AvgIpc) is 3.24. The summed E-state index contributed by atoms with van der Waals surface area (Å²) in [5.41, 5.74) is 3.04. The smallest absolute Gasteiger partial charge is 0.238 e. The Morgan fingerprint density at radius 2 is 1.97 bits per heavy atom. The molecule has 2 aliphatic heterocycles. The van der Waals surface area contributed by atoms with E-state index >= 15 is 0 Å². The third-order valence-corrected chi connectivity index (χ3v) is 6.33. The van der Waals surface area contributed by atoms with Gasteiger partial charge in [0.15, 0.2) is 0 Å². The van der Waals surface area contributed by atoms with Crippen LogP contribution in [0.1, 0.15) is 37.3 Å². The minimum atomic E-state index is -0.198. The van der Waals surface area contributed by atoms with Gasteiger partial charge in [-0.05, 0) is 42.9 Å². The van der Waals surface area contributed by atoms with Gasteiger partial charge < -0.3 is 14.8 Å². The molecule has 0 radical (unpaired) electrons. The summed E-state index contributed by atoms with van der Waals surface area (Å²) < 4.78 is 12.6. The Morgan fingerprint density at radius 1 is 1.17 bits per heavy atom. The van der Waals surface area contributed by atoms with Crippen molar-refractivity contribution in [1.29, 1.82) is 0 Å². The lowest BCUT2D eigenvalue weighted by Gasteiger charge is -2.44. The van der Waals surface area contributed by atoms with E-state index in [1.165, 1.54) is 0 Å². The summed E-state index contributed by atoms with van der Waals surface area (Å²) >= 11 is 0. The van der Waals surface area contributed by atoms with E-state index in [4.69, 9.17) is 9.47 Å². The van der Waals surface area contributed by atoms with Crippen molar-refractivity contribution in [1.82, 2.24) is 4.90 Å². The van der Waals surface area contributed by atoms with Gasteiger partial charge in [0.25, 0.3) is 0 Å². The summed E-state index contributed by atoms with van der Waals surface area (Å²) in [7, 11) is 0. The molecule has 1 spiro atoms. The van der Waals surface area contributed by atoms with Gasteiger partial charge in [-0.2, -0.15) is 0 Å². The molecular weight excluding hydrogens is 376 g/mol. The van der Waals surface area contributed by atoms with E-state index in [0.717, 1.165) is 62.2 Å². The van der Waals surface area contributed by atoms with E-state index in [1.807, 2.05) is 36.4 Å². The highest BCUT2D eigenvalue weighted by Crippen LogP contribution is 2.38. The lowest BCUT2D eigenvalue weighted by atomic mass is 9.85. The van der Waals surface area contributed by atoms with Crippen LogP contribution in [0, 0.1) is 0 Å². The molecule has 1 amide bonds. The van der Waals surface area contributed by atoms with Gasteiger partial charge >= 0.3 is 0 Å². The van der Waals surface area contributed by atoms with Crippen molar-refractivity contribution in [3.8, 4) is 0 Å².